The van der Waals surface area contributed by atoms with Crippen LogP contribution in [-0.2, 0) is 0 Å². The van der Waals surface area contributed by atoms with Crippen LogP contribution in [0.3, 0.4) is 0 Å². The van der Waals surface area contributed by atoms with Gasteiger partial charge in [0.05, 0.1) is 18.1 Å². The van der Waals surface area contributed by atoms with Crippen LogP contribution in [0.5, 0.6) is 5.75 Å². The van der Waals surface area contributed by atoms with E-state index in [-0.39, 0.29) is 10.4 Å². The predicted molar refractivity (Wildman–Crippen MR) is 82.9 cm³/mol. The Hall–Kier alpha value is -1.43. The Kier molecular flexibility index (Phi) is 4.75. The third-order valence-electron chi connectivity index (χ3n) is 3.90. The van der Waals surface area contributed by atoms with Crippen LogP contribution in [0, 0.1) is 10.1 Å². The summed E-state index contributed by atoms with van der Waals surface area (Å²) in [7, 11) is 1.52. The van der Waals surface area contributed by atoms with Crippen molar-refractivity contribution in [2.75, 3.05) is 25.2 Å². The second kappa shape index (κ2) is 6.35. The number of non-ortho nitro benzene ring substituents is 1. The van der Waals surface area contributed by atoms with E-state index in [1.54, 1.807) is 12.1 Å². The first-order valence-corrected chi connectivity index (χ1v) is 7.93. The van der Waals surface area contributed by atoms with E-state index < -0.39 is 4.92 Å². The lowest BCUT2D eigenvalue weighted by molar-refractivity contribution is -0.384. The highest BCUT2D eigenvalue weighted by Crippen LogP contribution is 2.40. The Bertz CT molecular complexity index is 487. The molecule has 0 aliphatic heterocycles. The summed E-state index contributed by atoms with van der Waals surface area (Å²) in [5.41, 5.74) is 0.799. The highest BCUT2D eigenvalue weighted by molar-refractivity contribution is 8.00. The van der Waals surface area contributed by atoms with Gasteiger partial charge in [-0.15, -0.1) is 0 Å². The number of hydrogen-bond donors (Lipinski definition) is 1. The molecule has 0 heterocycles. The van der Waals surface area contributed by atoms with Crippen molar-refractivity contribution in [3.8, 4) is 5.75 Å². The van der Waals surface area contributed by atoms with Gasteiger partial charge in [0, 0.05) is 29.1 Å². The summed E-state index contributed by atoms with van der Waals surface area (Å²) in [6.45, 7) is 0.832. The number of ether oxygens (including phenoxy) is 1. The second-order valence-corrected chi connectivity index (χ2v) is 6.40. The number of benzene rings is 1. The van der Waals surface area contributed by atoms with Gasteiger partial charge in [-0.25, -0.2) is 0 Å². The molecule has 1 aromatic rings. The molecule has 0 aromatic heterocycles. The van der Waals surface area contributed by atoms with Crippen molar-refractivity contribution < 1.29 is 9.66 Å². The maximum atomic E-state index is 10.9. The van der Waals surface area contributed by atoms with Gasteiger partial charge in [-0.05, 0) is 19.1 Å². The molecule has 1 aliphatic carbocycles. The number of thioether (sulfide) groups is 1. The minimum atomic E-state index is -0.395. The fourth-order valence-electron chi connectivity index (χ4n) is 2.64. The Labute approximate surface area is 123 Å². The summed E-state index contributed by atoms with van der Waals surface area (Å²) in [6, 6.07) is 4.80. The summed E-state index contributed by atoms with van der Waals surface area (Å²) in [6.07, 6.45) is 7.07. The molecule has 2 rings (SSSR count). The second-order valence-electron chi connectivity index (χ2n) is 5.12. The van der Waals surface area contributed by atoms with Crippen molar-refractivity contribution in [3.05, 3.63) is 28.3 Å². The number of anilines is 1. The van der Waals surface area contributed by atoms with Crippen molar-refractivity contribution in [2.45, 2.75) is 30.4 Å². The fraction of sp³-hybridized carbons (Fsp3) is 0.571. The molecule has 1 saturated carbocycles. The third kappa shape index (κ3) is 3.36. The van der Waals surface area contributed by atoms with E-state index in [9.17, 15) is 10.1 Å². The first kappa shape index (κ1) is 15.0. The highest BCUT2D eigenvalue weighted by atomic mass is 32.2. The summed E-state index contributed by atoms with van der Waals surface area (Å²) in [4.78, 5) is 10.5. The highest BCUT2D eigenvalue weighted by Gasteiger charge is 2.32. The zero-order chi connectivity index (χ0) is 14.6. The molecule has 110 valence electrons. The van der Waals surface area contributed by atoms with E-state index in [0.717, 1.165) is 12.2 Å². The quantitative estimate of drug-likeness (QED) is 0.640. The summed E-state index contributed by atoms with van der Waals surface area (Å²) in [5, 5.41) is 14.3. The molecule has 0 unspecified atom stereocenters. The lowest BCUT2D eigenvalue weighted by Gasteiger charge is -2.27. The SMILES string of the molecule is COc1cc(NCC2(SC)CCCC2)cc([N+](=O)[O-])c1. The fourth-order valence-corrected chi connectivity index (χ4v) is 3.56. The monoisotopic (exact) mass is 296 g/mol. The van der Waals surface area contributed by atoms with Crippen molar-refractivity contribution in [1.29, 1.82) is 0 Å². The van der Waals surface area contributed by atoms with Crippen LogP contribution in [0.1, 0.15) is 25.7 Å². The van der Waals surface area contributed by atoms with E-state index in [1.165, 1.54) is 38.9 Å². The largest absolute Gasteiger partial charge is 0.496 e. The Balaban J connectivity index is 2.12. The van der Waals surface area contributed by atoms with Crippen molar-refractivity contribution in [3.63, 3.8) is 0 Å². The van der Waals surface area contributed by atoms with Gasteiger partial charge >= 0.3 is 0 Å². The predicted octanol–water partition coefficient (Wildman–Crippen LogP) is 3.69. The molecule has 1 fully saturated rings. The Morgan fingerprint density at radius 3 is 2.65 bits per heavy atom. The van der Waals surface area contributed by atoms with Crippen LogP contribution in [-0.4, -0.2) is 29.6 Å². The van der Waals surface area contributed by atoms with E-state index >= 15 is 0 Å². The van der Waals surface area contributed by atoms with Gasteiger partial charge < -0.3 is 10.1 Å². The zero-order valence-corrected chi connectivity index (χ0v) is 12.7. The van der Waals surface area contributed by atoms with Gasteiger partial charge in [0.15, 0.2) is 0 Å². The molecule has 1 N–H and O–H groups in total. The van der Waals surface area contributed by atoms with Gasteiger partial charge in [0.2, 0.25) is 0 Å². The number of nitro groups is 1. The summed E-state index contributed by atoms with van der Waals surface area (Å²) in [5.74, 6) is 0.506. The van der Waals surface area contributed by atoms with E-state index in [4.69, 9.17) is 4.74 Å². The number of rotatable bonds is 6. The minimum absolute atomic E-state index is 0.0523. The van der Waals surface area contributed by atoms with Gasteiger partial charge in [-0.3, -0.25) is 10.1 Å². The standard InChI is InChI=1S/C14H20N2O3S/c1-19-13-8-11(7-12(9-13)16(17)18)15-10-14(20-2)5-3-4-6-14/h7-9,15H,3-6,10H2,1-2H3. The lowest BCUT2D eigenvalue weighted by Crippen LogP contribution is -2.30. The molecular weight excluding hydrogens is 276 g/mol. The smallest absolute Gasteiger partial charge is 0.275 e. The van der Waals surface area contributed by atoms with Gasteiger partial charge in [-0.2, -0.15) is 11.8 Å². The van der Waals surface area contributed by atoms with Crippen LogP contribution in [0.25, 0.3) is 0 Å². The van der Waals surface area contributed by atoms with Crippen LogP contribution in [0.2, 0.25) is 0 Å². The zero-order valence-electron chi connectivity index (χ0n) is 11.8. The van der Waals surface area contributed by atoms with Crippen molar-refractivity contribution in [2.24, 2.45) is 0 Å². The number of nitrogens with one attached hydrogen (secondary N) is 1. The Morgan fingerprint density at radius 1 is 1.40 bits per heavy atom. The first-order chi connectivity index (χ1) is 9.58. The average molecular weight is 296 g/mol. The van der Waals surface area contributed by atoms with Crippen molar-refractivity contribution in [1.82, 2.24) is 0 Å². The molecule has 20 heavy (non-hydrogen) atoms. The number of nitrogens with zero attached hydrogens (tertiary/aromatic N) is 1. The average Bonchev–Trinajstić information content (AvgIpc) is 2.94. The Morgan fingerprint density at radius 2 is 2.10 bits per heavy atom. The molecule has 1 aromatic carbocycles. The number of nitro benzene ring substituents is 1. The molecule has 0 saturated heterocycles. The van der Waals surface area contributed by atoms with Crippen LogP contribution in [0.4, 0.5) is 11.4 Å². The summed E-state index contributed by atoms with van der Waals surface area (Å²) < 4.78 is 5.38. The van der Waals surface area contributed by atoms with Gasteiger partial charge in [0.25, 0.3) is 5.69 Å². The van der Waals surface area contributed by atoms with Crippen LogP contribution >= 0.6 is 11.8 Å². The molecule has 5 nitrogen and oxygen atoms in total. The molecule has 0 atom stereocenters. The van der Waals surface area contributed by atoms with E-state index in [0.29, 0.717) is 5.75 Å². The maximum Gasteiger partial charge on any atom is 0.275 e. The third-order valence-corrected chi connectivity index (χ3v) is 5.32. The molecule has 1 aliphatic rings. The maximum absolute atomic E-state index is 10.9. The minimum Gasteiger partial charge on any atom is -0.496 e. The van der Waals surface area contributed by atoms with Crippen molar-refractivity contribution >= 4 is 23.1 Å². The van der Waals surface area contributed by atoms with Gasteiger partial charge in [0.1, 0.15) is 5.75 Å². The normalized spacial score (nSPS) is 16.9. The molecule has 0 radical (unpaired) electrons. The molecular formula is C14H20N2O3S. The van der Waals surface area contributed by atoms with Gasteiger partial charge in [-0.1, -0.05) is 12.8 Å². The topological polar surface area (TPSA) is 64.4 Å². The van der Waals surface area contributed by atoms with E-state index in [1.807, 2.05) is 11.8 Å². The molecule has 6 heteroatoms. The van der Waals surface area contributed by atoms with Crippen LogP contribution < -0.4 is 10.1 Å². The molecule has 0 amide bonds. The molecule has 0 bridgehead atoms. The van der Waals surface area contributed by atoms with Crippen LogP contribution in [0.15, 0.2) is 18.2 Å². The lowest BCUT2D eigenvalue weighted by atomic mass is 10.1. The van der Waals surface area contributed by atoms with E-state index in [2.05, 4.69) is 11.6 Å². The first-order valence-electron chi connectivity index (χ1n) is 6.71. The number of methoxy groups -OCH3 is 1. The molecule has 0 spiro atoms. The summed E-state index contributed by atoms with van der Waals surface area (Å²) >= 11 is 1.89. The number of hydrogen-bond acceptors (Lipinski definition) is 5.